The van der Waals surface area contributed by atoms with Gasteiger partial charge in [0.25, 0.3) is 5.91 Å². The molecule has 2 rings (SSSR count). The molecule has 0 aliphatic rings. The van der Waals surface area contributed by atoms with Crippen LogP contribution in [0.2, 0.25) is 0 Å². The summed E-state index contributed by atoms with van der Waals surface area (Å²) in [6.07, 6.45) is 1.71. The van der Waals surface area contributed by atoms with Crippen LogP contribution in [-0.4, -0.2) is 32.6 Å². The topological polar surface area (TPSA) is 84.2 Å². The Bertz CT molecular complexity index is 689. The number of amides is 1. The number of carbonyl (C=O) groups excluding carboxylic acids is 1. The SMILES string of the molecule is Cc1cc(C(=O)NC(C(=O)O)C(C)C)c(C)n1-c1nccs1. The molecule has 2 N–H and O–H groups in total. The van der Waals surface area contributed by atoms with Crippen molar-refractivity contribution in [2.24, 2.45) is 5.92 Å². The molecule has 2 heterocycles. The molecule has 1 atom stereocenters. The van der Waals surface area contributed by atoms with E-state index >= 15 is 0 Å². The standard InChI is InChI=1S/C15H19N3O3S/c1-8(2)12(14(20)21)17-13(19)11-7-9(3)18(10(11)4)15-16-5-6-22-15/h5-8,12H,1-4H3,(H,17,19)(H,20,21). The number of carboxylic acid groups (broad SMARTS) is 1. The van der Waals surface area contributed by atoms with Crippen LogP contribution in [0.5, 0.6) is 0 Å². The second kappa shape index (κ2) is 6.31. The molecule has 0 aromatic carbocycles. The second-order valence-corrected chi connectivity index (χ2v) is 6.34. The molecule has 0 saturated heterocycles. The summed E-state index contributed by atoms with van der Waals surface area (Å²) in [6, 6.07) is 0.848. The van der Waals surface area contributed by atoms with Gasteiger partial charge in [-0.05, 0) is 25.8 Å². The molecule has 118 valence electrons. The summed E-state index contributed by atoms with van der Waals surface area (Å²) in [5.74, 6) is -1.60. The molecule has 0 bridgehead atoms. The van der Waals surface area contributed by atoms with Crippen molar-refractivity contribution in [2.75, 3.05) is 0 Å². The third-order valence-corrected chi connectivity index (χ3v) is 4.26. The number of aromatic nitrogens is 2. The van der Waals surface area contributed by atoms with Crippen molar-refractivity contribution in [1.29, 1.82) is 0 Å². The summed E-state index contributed by atoms with van der Waals surface area (Å²) in [7, 11) is 0. The summed E-state index contributed by atoms with van der Waals surface area (Å²) in [5.41, 5.74) is 2.10. The number of aryl methyl sites for hydroxylation is 1. The fraction of sp³-hybridized carbons (Fsp3) is 0.400. The van der Waals surface area contributed by atoms with Crippen LogP contribution in [0.15, 0.2) is 17.6 Å². The molecule has 1 amide bonds. The first-order chi connectivity index (χ1) is 10.3. The predicted octanol–water partition coefficient (Wildman–Crippen LogP) is 2.39. The number of carbonyl (C=O) groups is 2. The van der Waals surface area contributed by atoms with Gasteiger partial charge in [0, 0.05) is 23.0 Å². The zero-order valence-electron chi connectivity index (χ0n) is 13.0. The fourth-order valence-corrected chi connectivity index (χ4v) is 3.10. The van der Waals surface area contributed by atoms with Gasteiger partial charge in [0.15, 0.2) is 5.13 Å². The zero-order chi connectivity index (χ0) is 16.4. The fourth-order valence-electron chi connectivity index (χ4n) is 2.35. The van der Waals surface area contributed by atoms with E-state index in [1.807, 2.05) is 23.8 Å². The highest BCUT2D eigenvalue weighted by Crippen LogP contribution is 2.22. The van der Waals surface area contributed by atoms with Crippen molar-refractivity contribution < 1.29 is 14.7 Å². The Morgan fingerprint density at radius 1 is 1.36 bits per heavy atom. The molecule has 22 heavy (non-hydrogen) atoms. The Morgan fingerprint density at radius 2 is 2.05 bits per heavy atom. The molecule has 7 heteroatoms. The first-order valence-electron chi connectivity index (χ1n) is 6.95. The van der Waals surface area contributed by atoms with Crippen LogP contribution in [0.1, 0.15) is 35.6 Å². The molecular weight excluding hydrogens is 302 g/mol. The molecule has 0 spiro atoms. The molecule has 1 unspecified atom stereocenters. The maximum absolute atomic E-state index is 12.4. The van der Waals surface area contributed by atoms with E-state index in [-0.39, 0.29) is 11.8 Å². The van der Waals surface area contributed by atoms with Gasteiger partial charge in [0.05, 0.1) is 5.56 Å². The van der Waals surface area contributed by atoms with Crippen LogP contribution in [0, 0.1) is 19.8 Å². The minimum atomic E-state index is -1.03. The lowest BCUT2D eigenvalue weighted by atomic mass is 10.0. The molecular formula is C15H19N3O3S. The highest BCUT2D eigenvalue weighted by molar-refractivity contribution is 7.12. The average molecular weight is 321 g/mol. The number of nitrogens with zero attached hydrogens (tertiary/aromatic N) is 2. The van der Waals surface area contributed by atoms with E-state index < -0.39 is 12.0 Å². The lowest BCUT2D eigenvalue weighted by Gasteiger charge is -2.17. The third-order valence-electron chi connectivity index (χ3n) is 3.51. The van der Waals surface area contributed by atoms with Crippen LogP contribution in [0.4, 0.5) is 0 Å². The molecule has 0 aliphatic heterocycles. The molecule has 0 aliphatic carbocycles. The lowest BCUT2D eigenvalue weighted by molar-refractivity contribution is -0.140. The lowest BCUT2D eigenvalue weighted by Crippen LogP contribution is -2.44. The third kappa shape index (κ3) is 3.04. The Hall–Kier alpha value is -2.15. The average Bonchev–Trinajstić information content (AvgIpc) is 3.03. The molecule has 6 nitrogen and oxygen atoms in total. The summed E-state index contributed by atoms with van der Waals surface area (Å²) < 4.78 is 1.89. The molecule has 2 aromatic heterocycles. The second-order valence-electron chi connectivity index (χ2n) is 5.47. The van der Waals surface area contributed by atoms with Crippen molar-refractivity contribution in [3.05, 3.63) is 34.6 Å². The van der Waals surface area contributed by atoms with E-state index in [0.717, 1.165) is 16.5 Å². The van der Waals surface area contributed by atoms with Crippen molar-refractivity contribution in [3.8, 4) is 5.13 Å². The van der Waals surface area contributed by atoms with Gasteiger partial charge in [-0.2, -0.15) is 0 Å². The van der Waals surface area contributed by atoms with Gasteiger partial charge in [-0.25, -0.2) is 9.78 Å². The van der Waals surface area contributed by atoms with E-state index in [1.165, 1.54) is 11.3 Å². The maximum Gasteiger partial charge on any atom is 0.326 e. The molecule has 0 saturated carbocycles. The summed E-state index contributed by atoms with van der Waals surface area (Å²) in [6.45, 7) is 7.24. The monoisotopic (exact) mass is 321 g/mol. The number of thiazole rings is 1. The van der Waals surface area contributed by atoms with Crippen LogP contribution in [0.25, 0.3) is 5.13 Å². The number of nitrogens with one attached hydrogen (secondary N) is 1. The smallest absolute Gasteiger partial charge is 0.326 e. The van der Waals surface area contributed by atoms with Crippen LogP contribution >= 0.6 is 11.3 Å². The predicted molar refractivity (Wildman–Crippen MR) is 84.6 cm³/mol. The number of hydrogen-bond donors (Lipinski definition) is 2. The van der Waals surface area contributed by atoms with E-state index in [1.54, 1.807) is 26.1 Å². The molecule has 0 fully saturated rings. The van der Waals surface area contributed by atoms with Gasteiger partial charge >= 0.3 is 5.97 Å². The van der Waals surface area contributed by atoms with Crippen LogP contribution in [0.3, 0.4) is 0 Å². The van der Waals surface area contributed by atoms with Gasteiger partial charge in [0.1, 0.15) is 6.04 Å². The summed E-state index contributed by atoms with van der Waals surface area (Å²) in [5, 5.41) is 14.4. The first-order valence-corrected chi connectivity index (χ1v) is 7.83. The van der Waals surface area contributed by atoms with Crippen molar-refractivity contribution in [2.45, 2.75) is 33.7 Å². The number of hydrogen-bond acceptors (Lipinski definition) is 4. The van der Waals surface area contributed by atoms with E-state index in [2.05, 4.69) is 10.3 Å². The van der Waals surface area contributed by atoms with Gasteiger partial charge in [-0.3, -0.25) is 9.36 Å². The normalized spacial score (nSPS) is 12.4. The molecule has 0 radical (unpaired) electrons. The van der Waals surface area contributed by atoms with Gasteiger partial charge in [-0.15, -0.1) is 11.3 Å². The summed E-state index contributed by atoms with van der Waals surface area (Å²) in [4.78, 5) is 27.9. The van der Waals surface area contributed by atoms with Gasteiger partial charge in [0.2, 0.25) is 0 Å². The van der Waals surface area contributed by atoms with Crippen molar-refractivity contribution >= 4 is 23.2 Å². The number of carboxylic acids is 1. The number of rotatable bonds is 5. The van der Waals surface area contributed by atoms with Gasteiger partial charge < -0.3 is 10.4 Å². The Labute approximate surface area is 132 Å². The Kier molecular flexibility index (Phi) is 4.65. The highest BCUT2D eigenvalue weighted by Gasteiger charge is 2.26. The first kappa shape index (κ1) is 16.2. The largest absolute Gasteiger partial charge is 0.480 e. The van der Waals surface area contributed by atoms with Crippen LogP contribution < -0.4 is 5.32 Å². The highest BCUT2D eigenvalue weighted by atomic mass is 32.1. The Balaban J connectivity index is 2.32. The molecule has 2 aromatic rings. The number of aliphatic carboxylic acids is 1. The Morgan fingerprint density at radius 3 is 2.55 bits per heavy atom. The zero-order valence-corrected chi connectivity index (χ0v) is 13.8. The van der Waals surface area contributed by atoms with E-state index in [0.29, 0.717) is 5.56 Å². The maximum atomic E-state index is 12.4. The van der Waals surface area contributed by atoms with Gasteiger partial charge in [-0.1, -0.05) is 13.8 Å². The van der Waals surface area contributed by atoms with Crippen LogP contribution in [-0.2, 0) is 4.79 Å². The van der Waals surface area contributed by atoms with E-state index in [4.69, 9.17) is 0 Å². The van der Waals surface area contributed by atoms with Crippen molar-refractivity contribution in [1.82, 2.24) is 14.9 Å². The van der Waals surface area contributed by atoms with E-state index in [9.17, 15) is 14.7 Å². The minimum Gasteiger partial charge on any atom is -0.480 e. The quantitative estimate of drug-likeness (QED) is 0.885. The minimum absolute atomic E-state index is 0.191. The summed E-state index contributed by atoms with van der Waals surface area (Å²) >= 11 is 1.48. The van der Waals surface area contributed by atoms with Crippen molar-refractivity contribution in [3.63, 3.8) is 0 Å².